The second-order valence-electron chi connectivity index (χ2n) is 7.92. The summed E-state index contributed by atoms with van der Waals surface area (Å²) in [7, 11) is 1.59. The minimum atomic E-state index is -4.46. The van der Waals surface area contributed by atoms with E-state index in [2.05, 4.69) is 20.5 Å². The van der Waals surface area contributed by atoms with Crippen LogP contribution in [0.15, 0.2) is 64.8 Å². The fourth-order valence-corrected chi connectivity index (χ4v) is 5.02. The molecular weight excluding hydrogens is 465 g/mol. The van der Waals surface area contributed by atoms with Crippen LogP contribution in [-0.2, 0) is 11.0 Å². The molecule has 178 valence electrons. The minimum absolute atomic E-state index is 0.121. The van der Waals surface area contributed by atoms with Gasteiger partial charge in [-0.05, 0) is 55.3 Å². The van der Waals surface area contributed by atoms with E-state index in [1.165, 1.54) is 0 Å². The molecule has 1 saturated heterocycles. The number of aliphatic imine (C=N–C) groups is 1. The Labute approximate surface area is 199 Å². The average molecular weight is 489 g/mol. The number of anilines is 1. The molecule has 4 rings (SSSR count). The summed E-state index contributed by atoms with van der Waals surface area (Å²) < 4.78 is 38.2. The predicted molar refractivity (Wildman–Crippen MR) is 127 cm³/mol. The second kappa shape index (κ2) is 9.54. The first-order chi connectivity index (χ1) is 16.2. The number of fused-ring (bicyclic) bond motifs is 1. The maximum absolute atomic E-state index is 12.7. The van der Waals surface area contributed by atoms with Crippen LogP contribution >= 0.6 is 11.8 Å². The van der Waals surface area contributed by atoms with Crippen LogP contribution in [0.2, 0.25) is 0 Å². The molecule has 2 aromatic rings. The lowest BCUT2D eigenvalue weighted by Crippen LogP contribution is -2.43. The highest BCUT2D eigenvalue weighted by molar-refractivity contribution is 8.13. The van der Waals surface area contributed by atoms with E-state index in [4.69, 9.17) is 0 Å². The van der Waals surface area contributed by atoms with Crippen molar-refractivity contribution in [2.75, 3.05) is 24.7 Å². The van der Waals surface area contributed by atoms with Gasteiger partial charge in [-0.3, -0.25) is 9.59 Å². The van der Waals surface area contributed by atoms with E-state index in [0.29, 0.717) is 17.0 Å². The van der Waals surface area contributed by atoms with Gasteiger partial charge in [-0.1, -0.05) is 23.9 Å². The van der Waals surface area contributed by atoms with Crippen LogP contribution in [0.5, 0.6) is 0 Å². The summed E-state index contributed by atoms with van der Waals surface area (Å²) in [5.74, 6) is 0.267. The third-order valence-corrected chi connectivity index (χ3v) is 6.77. The topological polar surface area (TPSA) is 73.8 Å². The van der Waals surface area contributed by atoms with Crippen LogP contribution in [0.25, 0.3) is 0 Å². The highest BCUT2D eigenvalue weighted by Gasteiger charge is 2.36. The summed E-state index contributed by atoms with van der Waals surface area (Å²) in [5.41, 5.74) is 1.93. The zero-order valence-corrected chi connectivity index (χ0v) is 19.4. The Bertz CT molecular complexity index is 1160. The Kier molecular flexibility index (Phi) is 6.70. The number of nitrogens with zero attached hydrogens (tertiary/aromatic N) is 2. The molecule has 6 nitrogen and oxygen atoms in total. The van der Waals surface area contributed by atoms with Crippen molar-refractivity contribution >= 4 is 34.4 Å². The van der Waals surface area contributed by atoms with Crippen molar-refractivity contribution in [1.29, 1.82) is 0 Å². The van der Waals surface area contributed by atoms with Crippen LogP contribution in [0.3, 0.4) is 0 Å². The summed E-state index contributed by atoms with van der Waals surface area (Å²) in [4.78, 5) is 32.0. The average Bonchev–Trinajstić information content (AvgIpc) is 2.83. The van der Waals surface area contributed by atoms with Crippen LogP contribution in [-0.4, -0.2) is 41.2 Å². The van der Waals surface area contributed by atoms with Crippen molar-refractivity contribution in [3.63, 3.8) is 0 Å². The first-order valence-electron chi connectivity index (χ1n) is 10.7. The lowest BCUT2D eigenvalue weighted by Gasteiger charge is -2.40. The number of carbonyl (C=O) groups excluding carboxylic acids is 2. The van der Waals surface area contributed by atoms with Gasteiger partial charge < -0.3 is 15.5 Å². The summed E-state index contributed by atoms with van der Waals surface area (Å²) in [6.07, 6.45) is -3.48. The molecular formula is C24H23F3N4O2S. The van der Waals surface area contributed by atoms with Gasteiger partial charge in [0.25, 0.3) is 11.8 Å². The first-order valence-corrected chi connectivity index (χ1v) is 11.7. The molecule has 10 heteroatoms. The van der Waals surface area contributed by atoms with Crippen molar-refractivity contribution in [1.82, 2.24) is 10.2 Å². The highest BCUT2D eigenvalue weighted by Crippen LogP contribution is 2.39. The van der Waals surface area contributed by atoms with Gasteiger partial charge in [-0.15, -0.1) is 0 Å². The minimum Gasteiger partial charge on any atom is -0.355 e. The number of rotatable bonds is 4. The zero-order valence-electron chi connectivity index (χ0n) is 18.6. The van der Waals surface area contributed by atoms with Gasteiger partial charge in [-0.25, -0.2) is 4.99 Å². The SMILES string of the molecule is CNC(=O)C1=C(C)N=C2SCCCN2C1c1ccc(NC(=O)c2ccc(C(F)(F)F)cc2)cc1. The number of likely N-dealkylation sites (N-methyl/N-ethyl adjacent to an activating group) is 1. The van der Waals surface area contributed by atoms with E-state index < -0.39 is 17.6 Å². The Hall–Kier alpha value is -3.27. The van der Waals surface area contributed by atoms with Crippen molar-refractivity contribution in [3.05, 3.63) is 76.5 Å². The van der Waals surface area contributed by atoms with E-state index in [0.717, 1.165) is 53.7 Å². The number of amidine groups is 1. The highest BCUT2D eigenvalue weighted by atomic mass is 32.2. The number of hydrogen-bond donors (Lipinski definition) is 2. The number of allylic oxidation sites excluding steroid dienone is 1. The number of amides is 2. The van der Waals surface area contributed by atoms with Gasteiger partial charge in [0.1, 0.15) is 0 Å². The Morgan fingerprint density at radius 3 is 2.35 bits per heavy atom. The quantitative estimate of drug-likeness (QED) is 0.647. The van der Waals surface area contributed by atoms with Crippen LogP contribution in [0.4, 0.5) is 18.9 Å². The summed E-state index contributed by atoms with van der Waals surface area (Å²) in [5, 5.41) is 6.30. The lowest BCUT2D eigenvalue weighted by atomic mass is 9.93. The van der Waals surface area contributed by atoms with Gasteiger partial charge >= 0.3 is 6.18 Å². The molecule has 2 amide bonds. The molecule has 34 heavy (non-hydrogen) atoms. The summed E-state index contributed by atoms with van der Waals surface area (Å²) >= 11 is 1.66. The molecule has 0 saturated carbocycles. The van der Waals surface area contributed by atoms with Crippen LogP contribution in [0.1, 0.15) is 40.9 Å². The normalized spacial score (nSPS) is 18.2. The molecule has 2 heterocycles. The summed E-state index contributed by atoms with van der Waals surface area (Å²) in [6, 6.07) is 10.9. The fraction of sp³-hybridized carbons (Fsp3) is 0.292. The van der Waals surface area contributed by atoms with E-state index in [1.807, 2.05) is 19.1 Å². The van der Waals surface area contributed by atoms with Crippen LogP contribution in [0, 0.1) is 0 Å². The molecule has 0 spiro atoms. The number of thioether (sulfide) groups is 1. The lowest BCUT2D eigenvalue weighted by molar-refractivity contribution is -0.137. The van der Waals surface area contributed by atoms with Gasteiger partial charge in [0.05, 0.1) is 22.9 Å². The Balaban J connectivity index is 1.56. The monoisotopic (exact) mass is 488 g/mol. The first kappa shape index (κ1) is 23.9. The number of carbonyl (C=O) groups is 2. The standard InChI is InChI=1S/C24H23F3N4O2S/c1-14-19(22(33)28-2)20(31-12-3-13-34-23(31)29-14)15-6-10-18(11-7-15)30-21(32)16-4-8-17(9-5-16)24(25,26)27/h4-11,20H,3,12-13H2,1-2H3,(H,28,33)(H,30,32). The fourth-order valence-electron chi connectivity index (χ4n) is 4.00. The van der Waals surface area contributed by atoms with E-state index in [1.54, 1.807) is 30.9 Å². The van der Waals surface area contributed by atoms with Crippen molar-refractivity contribution in [2.24, 2.45) is 4.99 Å². The maximum atomic E-state index is 12.7. The zero-order chi connectivity index (χ0) is 24.5. The van der Waals surface area contributed by atoms with E-state index in [9.17, 15) is 22.8 Å². The third kappa shape index (κ3) is 4.82. The molecule has 0 bridgehead atoms. The molecule has 2 aromatic carbocycles. The molecule has 0 aromatic heterocycles. The van der Waals surface area contributed by atoms with Gasteiger partial charge in [0, 0.05) is 30.6 Å². The van der Waals surface area contributed by atoms with Crippen molar-refractivity contribution < 1.29 is 22.8 Å². The van der Waals surface area contributed by atoms with Gasteiger partial charge in [0.15, 0.2) is 5.17 Å². The Morgan fingerprint density at radius 2 is 1.74 bits per heavy atom. The van der Waals surface area contributed by atoms with E-state index in [-0.39, 0.29) is 17.5 Å². The molecule has 1 unspecified atom stereocenters. The largest absolute Gasteiger partial charge is 0.416 e. The second-order valence-corrected chi connectivity index (χ2v) is 8.98. The van der Waals surface area contributed by atoms with E-state index >= 15 is 0 Å². The number of benzene rings is 2. The molecule has 0 radical (unpaired) electrons. The number of alkyl halides is 3. The Morgan fingerprint density at radius 1 is 1.06 bits per heavy atom. The van der Waals surface area contributed by atoms with Crippen molar-refractivity contribution in [3.8, 4) is 0 Å². The van der Waals surface area contributed by atoms with Crippen LogP contribution < -0.4 is 10.6 Å². The molecule has 2 aliphatic heterocycles. The van der Waals surface area contributed by atoms with Gasteiger partial charge in [-0.2, -0.15) is 13.2 Å². The number of halogens is 3. The maximum Gasteiger partial charge on any atom is 0.416 e. The number of nitrogens with one attached hydrogen (secondary N) is 2. The molecule has 2 aliphatic rings. The third-order valence-electron chi connectivity index (χ3n) is 5.69. The predicted octanol–water partition coefficient (Wildman–Crippen LogP) is 4.83. The molecule has 1 fully saturated rings. The summed E-state index contributed by atoms with van der Waals surface area (Å²) in [6.45, 7) is 2.60. The number of hydrogen-bond acceptors (Lipinski definition) is 5. The molecule has 2 N–H and O–H groups in total. The molecule has 1 atom stereocenters. The van der Waals surface area contributed by atoms with Gasteiger partial charge in [0.2, 0.25) is 0 Å². The molecule has 0 aliphatic carbocycles. The smallest absolute Gasteiger partial charge is 0.355 e. The van der Waals surface area contributed by atoms with Crippen molar-refractivity contribution in [2.45, 2.75) is 25.6 Å².